The summed E-state index contributed by atoms with van der Waals surface area (Å²) in [6.45, 7) is 1.24. The van der Waals surface area contributed by atoms with Crippen LogP contribution in [0.4, 0.5) is 8.78 Å². The van der Waals surface area contributed by atoms with Crippen molar-refractivity contribution in [2.24, 2.45) is 5.73 Å². The van der Waals surface area contributed by atoms with Gasteiger partial charge in [-0.15, -0.1) is 0 Å². The Hall–Kier alpha value is -1.78. The Bertz CT molecular complexity index is 622. The van der Waals surface area contributed by atoms with Crippen molar-refractivity contribution in [2.75, 3.05) is 0 Å². The standard InChI is InChI=1S/C16H15F2NO/c17-14-3-10(4-15(18)7-14)5-16(19)11-1-2-12-8-20-9-13(12)6-11/h1-4,6-7,16H,5,8-9,19H2. The summed E-state index contributed by atoms with van der Waals surface area (Å²) < 4.78 is 31.7. The fourth-order valence-corrected chi connectivity index (χ4v) is 2.52. The Labute approximate surface area is 116 Å². The first-order valence-corrected chi connectivity index (χ1v) is 6.52. The van der Waals surface area contributed by atoms with Gasteiger partial charge in [0.05, 0.1) is 13.2 Å². The van der Waals surface area contributed by atoms with E-state index in [0.29, 0.717) is 25.2 Å². The lowest BCUT2D eigenvalue weighted by Gasteiger charge is -2.13. The van der Waals surface area contributed by atoms with Gasteiger partial charge in [-0.2, -0.15) is 0 Å². The first-order valence-electron chi connectivity index (χ1n) is 6.52. The summed E-state index contributed by atoms with van der Waals surface area (Å²) in [6.07, 6.45) is 0.397. The minimum Gasteiger partial charge on any atom is -0.372 e. The fraction of sp³-hybridized carbons (Fsp3) is 0.250. The van der Waals surface area contributed by atoms with Gasteiger partial charge in [-0.1, -0.05) is 18.2 Å². The van der Waals surface area contributed by atoms with E-state index >= 15 is 0 Å². The molecule has 0 fully saturated rings. The van der Waals surface area contributed by atoms with Crippen LogP contribution in [0.5, 0.6) is 0 Å². The molecule has 3 rings (SSSR count). The molecule has 0 spiro atoms. The Morgan fingerprint density at radius 1 is 1.00 bits per heavy atom. The molecule has 2 nitrogen and oxygen atoms in total. The molecular weight excluding hydrogens is 260 g/mol. The van der Waals surface area contributed by atoms with Crippen molar-refractivity contribution >= 4 is 0 Å². The Morgan fingerprint density at radius 2 is 1.70 bits per heavy atom. The predicted molar refractivity (Wildman–Crippen MR) is 71.9 cm³/mol. The molecule has 1 aliphatic heterocycles. The number of nitrogens with two attached hydrogens (primary N) is 1. The van der Waals surface area contributed by atoms with Crippen LogP contribution in [0.25, 0.3) is 0 Å². The van der Waals surface area contributed by atoms with Crippen LogP contribution in [-0.2, 0) is 24.4 Å². The zero-order valence-corrected chi connectivity index (χ0v) is 10.9. The number of rotatable bonds is 3. The van der Waals surface area contributed by atoms with Crippen LogP contribution in [0.2, 0.25) is 0 Å². The van der Waals surface area contributed by atoms with Gasteiger partial charge in [-0.25, -0.2) is 8.78 Å². The molecule has 1 aliphatic rings. The predicted octanol–water partition coefficient (Wildman–Crippen LogP) is 3.24. The van der Waals surface area contributed by atoms with Crippen LogP contribution in [0, 0.1) is 11.6 Å². The molecule has 0 radical (unpaired) electrons. The van der Waals surface area contributed by atoms with Crippen LogP contribution in [0.3, 0.4) is 0 Å². The number of hydrogen-bond donors (Lipinski definition) is 1. The number of halogens is 2. The Balaban J connectivity index is 1.80. The highest BCUT2D eigenvalue weighted by Gasteiger charge is 2.15. The second-order valence-electron chi connectivity index (χ2n) is 5.11. The SMILES string of the molecule is NC(Cc1cc(F)cc(F)c1)c1ccc2c(c1)COC2. The minimum atomic E-state index is -0.574. The maximum absolute atomic E-state index is 13.2. The highest BCUT2D eigenvalue weighted by atomic mass is 19.1. The van der Waals surface area contributed by atoms with E-state index < -0.39 is 11.6 Å². The van der Waals surface area contributed by atoms with Crippen molar-refractivity contribution in [3.63, 3.8) is 0 Å². The molecule has 0 aliphatic carbocycles. The van der Waals surface area contributed by atoms with Crippen LogP contribution < -0.4 is 5.73 Å². The average Bonchev–Trinajstić information content (AvgIpc) is 2.84. The van der Waals surface area contributed by atoms with Crippen molar-refractivity contribution in [3.8, 4) is 0 Å². The molecule has 0 bridgehead atoms. The van der Waals surface area contributed by atoms with Gasteiger partial charge in [0, 0.05) is 12.1 Å². The average molecular weight is 275 g/mol. The smallest absolute Gasteiger partial charge is 0.126 e. The van der Waals surface area contributed by atoms with Crippen molar-refractivity contribution in [3.05, 3.63) is 70.3 Å². The molecule has 1 unspecified atom stereocenters. The topological polar surface area (TPSA) is 35.2 Å². The molecule has 4 heteroatoms. The molecule has 0 saturated carbocycles. The van der Waals surface area contributed by atoms with Gasteiger partial charge in [-0.3, -0.25) is 0 Å². The third kappa shape index (κ3) is 2.71. The highest BCUT2D eigenvalue weighted by molar-refractivity contribution is 5.35. The lowest BCUT2D eigenvalue weighted by molar-refractivity contribution is 0.134. The van der Waals surface area contributed by atoms with Crippen LogP contribution >= 0.6 is 0 Å². The zero-order valence-electron chi connectivity index (χ0n) is 10.9. The summed E-state index contributed by atoms with van der Waals surface area (Å²) in [5, 5.41) is 0. The van der Waals surface area contributed by atoms with Crippen molar-refractivity contribution in [1.29, 1.82) is 0 Å². The minimum absolute atomic E-state index is 0.290. The molecule has 0 saturated heterocycles. The molecule has 2 aromatic carbocycles. The zero-order chi connectivity index (χ0) is 14.1. The van der Waals surface area contributed by atoms with Gasteiger partial charge in [0.15, 0.2) is 0 Å². The summed E-state index contributed by atoms with van der Waals surface area (Å²) in [5.74, 6) is -1.15. The summed E-state index contributed by atoms with van der Waals surface area (Å²) >= 11 is 0. The lowest BCUT2D eigenvalue weighted by Crippen LogP contribution is -2.14. The first kappa shape index (κ1) is 13.2. The van der Waals surface area contributed by atoms with Gasteiger partial charge in [0.1, 0.15) is 11.6 Å². The third-order valence-corrected chi connectivity index (χ3v) is 3.55. The molecule has 2 aromatic rings. The van der Waals surface area contributed by atoms with E-state index in [2.05, 4.69) is 0 Å². The fourth-order valence-electron chi connectivity index (χ4n) is 2.52. The van der Waals surface area contributed by atoms with E-state index in [9.17, 15) is 8.78 Å². The van der Waals surface area contributed by atoms with Crippen LogP contribution in [0.1, 0.15) is 28.3 Å². The molecular formula is C16H15F2NO. The van der Waals surface area contributed by atoms with Crippen molar-refractivity contribution in [1.82, 2.24) is 0 Å². The summed E-state index contributed by atoms with van der Waals surface area (Å²) in [5.41, 5.74) is 9.98. The van der Waals surface area contributed by atoms with Gasteiger partial charge < -0.3 is 10.5 Å². The first-order chi connectivity index (χ1) is 9.61. The molecule has 104 valence electrons. The van der Waals surface area contributed by atoms with Gasteiger partial charge in [0.2, 0.25) is 0 Å². The number of hydrogen-bond acceptors (Lipinski definition) is 2. The number of ether oxygens (including phenoxy) is 1. The molecule has 1 atom stereocenters. The largest absolute Gasteiger partial charge is 0.372 e. The molecule has 0 aromatic heterocycles. The second-order valence-corrected chi connectivity index (χ2v) is 5.11. The Kier molecular flexibility index (Phi) is 3.51. The monoisotopic (exact) mass is 275 g/mol. The summed E-state index contributed by atoms with van der Waals surface area (Å²) in [6, 6.07) is 9.18. The van der Waals surface area contributed by atoms with Gasteiger partial charge in [-0.05, 0) is 40.8 Å². The van der Waals surface area contributed by atoms with E-state index in [-0.39, 0.29) is 6.04 Å². The van der Waals surface area contributed by atoms with E-state index in [1.54, 1.807) is 0 Å². The molecule has 2 N–H and O–H groups in total. The van der Waals surface area contributed by atoms with Crippen molar-refractivity contribution in [2.45, 2.75) is 25.7 Å². The van der Waals surface area contributed by atoms with Crippen molar-refractivity contribution < 1.29 is 13.5 Å². The molecule has 20 heavy (non-hydrogen) atoms. The van der Waals surface area contributed by atoms with E-state index in [1.165, 1.54) is 17.7 Å². The van der Waals surface area contributed by atoms with E-state index in [0.717, 1.165) is 17.2 Å². The van der Waals surface area contributed by atoms with Crippen LogP contribution in [0.15, 0.2) is 36.4 Å². The van der Waals surface area contributed by atoms with E-state index in [4.69, 9.17) is 10.5 Å². The number of fused-ring (bicyclic) bond motifs is 1. The Morgan fingerprint density at radius 3 is 2.45 bits per heavy atom. The highest BCUT2D eigenvalue weighted by Crippen LogP contribution is 2.25. The van der Waals surface area contributed by atoms with E-state index in [1.807, 2.05) is 18.2 Å². The summed E-state index contributed by atoms with van der Waals surface area (Å²) in [7, 11) is 0. The quantitative estimate of drug-likeness (QED) is 0.933. The summed E-state index contributed by atoms with van der Waals surface area (Å²) in [4.78, 5) is 0. The van der Waals surface area contributed by atoms with Crippen LogP contribution in [-0.4, -0.2) is 0 Å². The third-order valence-electron chi connectivity index (χ3n) is 3.55. The maximum atomic E-state index is 13.2. The normalized spacial score (nSPS) is 15.2. The second kappa shape index (κ2) is 5.31. The molecule has 0 amide bonds. The van der Waals surface area contributed by atoms with Gasteiger partial charge in [0.25, 0.3) is 0 Å². The lowest BCUT2D eigenvalue weighted by atomic mass is 9.96. The van der Waals surface area contributed by atoms with Gasteiger partial charge >= 0.3 is 0 Å². The maximum Gasteiger partial charge on any atom is 0.126 e. The molecule has 1 heterocycles. The number of benzene rings is 2.